The molecule has 1 aliphatic heterocycles. The minimum atomic E-state index is -0.155. The molecular weight excluding hydrogens is 364 g/mol. The minimum Gasteiger partial charge on any atom is -0.353 e. The Hall–Kier alpha value is -2.73. The van der Waals surface area contributed by atoms with Crippen LogP contribution >= 0.6 is 0 Å². The first-order valence-electron chi connectivity index (χ1n) is 10.4. The minimum absolute atomic E-state index is 0.153. The van der Waals surface area contributed by atoms with E-state index in [9.17, 15) is 9.59 Å². The van der Waals surface area contributed by atoms with Crippen molar-refractivity contribution in [3.63, 3.8) is 0 Å². The van der Waals surface area contributed by atoms with E-state index in [-0.39, 0.29) is 17.7 Å². The second-order valence-corrected chi connectivity index (χ2v) is 8.18. The third-order valence-corrected chi connectivity index (χ3v) is 5.65. The van der Waals surface area contributed by atoms with E-state index in [1.165, 1.54) is 0 Å². The fourth-order valence-electron chi connectivity index (χ4n) is 3.71. The zero-order valence-corrected chi connectivity index (χ0v) is 16.9. The second kappa shape index (κ2) is 8.74. The van der Waals surface area contributed by atoms with Gasteiger partial charge in [0.1, 0.15) is 0 Å². The van der Waals surface area contributed by atoms with Crippen molar-refractivity contribution in [2.45, 2.75) is 45.2 Å². The van der Waals surface area contributed by atoms with Gasteiger partial charge in [-0.15, -0.1) is 0 Å². The maximum absolute atomic E-state index is 12.4. The van der Waals surface area contributed by atoms with Crippen molar-refractivity contribution in [2.75, 3.05) is 18.4 Å². The fraction of sp³-hybridized carbons (Fsp3) is 0.435. The van der Waals surface area contributed by atoms with Crippen LogP contribution in [0.4, 0.5) is 5.69 Å². The summed E-state index contributed by atoms with van der Waals surface area (Å²) in [5.74, 6) is 0.236. The Labute approximate surface area is 171 Å². The molecule has 152 valence electrons. The van der Waals surface area contributed by atoms with Crippen molar-refractivity contribution in [3.05, 3.63) is 59.4 Å². The van der Waals surface area contributed by atoms with Crippen LogP contribution in [0.2, 0.25) is 0 Å². The first-order valence-corrected chi connectivity index (χ1v) is 10.4. The Bertz CT molecular complexity index is 869. The first kappa shape index (κ1) is 19.6. The number of hydrogen-bond acceptors (Lipinski definition) is 4. The third-order valence-electron chi connectivity index (χ3n) is 5.65. The van der Waals surface area contributed by atoms with E-state index in [0.717, 1.165) is 62.3 Å². The molecule has 0 bridgehead atoms. The number of nitrogens with one attached hydrogen (secondary N) is 2. The number of benzene rings is 1. The largest absolute Gasteiger partial charge is 0.353 e. The van der Waals surface area contributed by atoms with Gasteiger partial charge < -0.3 is 10.6 Å². The molecule has 1 aliphatic carbocycles. The average molecular weight is 393 g/mol. The highest BCUT2D eigenvalue weighted by molar-refractivity contribution is 6.04. The van der Waals surface area contributed by atoms with E-state index >= 15 is 0 Å². The number of rotatable bonds is 6. The molecule has 0 unspecified atom stereocenters. The maximum Gasteiger partial charge on any atom is 0.257 e. The van der Waals surface area contributed by atoms with Crippen LogP contribution in [0.15, 0.2) is 42.6 Å². The average Bonchev–Trinajstić information content (AvgIpc) is 3.53. The van der Waals surface area contributed by atoms with Gasteiger partial charge in [0.05, 0.1) is 5.56 Å². The molecule has 2 N–H and O–H groups in total. The SMILES string of the molecule is Cc1ccc(C(=O)Nc2cccc(CN3CCC(C(=O)NC4CC4)CC3)c2)cn1. The van der Waals surface area contributed by atoms with Gasteiger partial charge >= 0.3 is 0 Å². The van der Waals surface area contributed by atoms with Gasteiger partial charge in [0.25, 0.3) is 5.91 Å². The summed E-state index contributed by atoms with van der Waals surface area (Å²) < 4.78 is 0. The van der Waals surface area contributed by atoms with Crippen LogP contribution in [0.1, 0.15) is 47.3 Å². The van der Waals surface area contributed by atoms with Crippen LogP contribution in [-0.4, -0.2) is 40.8 Å². The molecule has 2 heterocycles. The van der Waals surface area contributed by atoms with Gasteiger partial charge in [-0.25, -0.2) is 0 Å². The van der Waals surface area contributed by atoms with E-state index in [0.29, 0.717) is 11.6 Å². The third kappa shape index (κ3) is 5.41. The predicted molar refractivity (Wildman–Crippen MR) is 113 cm³/mol. The van der Waals surface area contributed by atoms with Crippen LogP contribution < -0.4 is 10.6 Å². The molecule has 6 heteroatoms. The number of carbonyl (C=O) groups excluding carboxylic acids is 2. The Kier molecular flexibility index (Phi) is 5.90. The van der Waals surface area contributed by atoms with Gasteiger partial charge in [-0.2, -0.15) is 0 Å². The topological polar surface area (TPSA) is 74.3 Å². The molecule has 1 saturated heterocycles. The smallest absolute Gasteiger partial charge is 0.257 e. The summed E-state index contributed by atoms with van der Waals surface area (Å²) in [4.78, 5) is 31.2. The summed E-state index contributed by atoms with van der Waals surface area (Å²) in [7, 11) is 0. The molecule has 1 saturated carbocycles. The number of carbonyl (C=O) groups is 2. The van der Waals surface area contributed by atoms with E-state index in [4.69, 9.17) is 0 Å². The number of anilines is 1. The number of likely N-dealkylation sites (tertiary alicyclic amines) is 1. The van der Waals surface area contributed by atoms with Crippen LogP contribution in [0.5, 0.6) is 0 Å². The van der Waals surface area contributed by atoms with Crippen molar-refractivity contribution in [2.24, 2.45) is 5.92 Å². The Morgan fingerprint density at radius 2 is 1.90 bits per heavy atom. The zero-order valence-electron chi connectivity index (χ0n) is 16.9. The number of hydrogen-bond donors (Lipinski definition) is 2. The van der Waals surface area contributed by atoms with E-state index < -0.39 is 0 Å². The molecule has 0 atom stereocenters. The number of pyridine rings is 1. The number of aromatic nitrogens is 1. The van der Waals surface area contributed by atoms with Gasteiger partial charge in [-0.1, -0.05) is 12.1 Å². The highest BCUT2D eigenvalue weighted by Gasteiger charge is 2.29. The molecule has 2 aliphatic rings. The summed E-state index contributed by atoms with van der Waals surface area (Å²) in [5.41, 5.74) is 3.38. The fourth-order valence-corrected chi connectivity index (χ4v) is 3.71. The van der Waals surface area contributed by atoms with Crippen molar-refractivity contribution in [1.82, 2.24) is 15.2 Å². The number of nitrogens with zero attached hydrogens (tertiary/aromatic N) is 2. The lowest BCUT2D eigenvalue weighted by atomic mass is 9.95. The maximum atomic E-state index is 12.4. The predicted octanol–water partition coefficient (Wildman–Crippen LogP) is 3.13. The lowest BCUT2D eigenvalue weighted by Gasteiger charge is -2.31. The van der Waals surface area contributed by atoms with Crippen LogP contribution in [-0.2, 0) is 11.3 Å². The van der Waals surface area contributed by atoms with Gasteiger partial charge in [0.15, 0.2) is 0 Å². The molecule has 2 amide bonds. The monoisotopic (exact) mass is 392 g/mol. The Balaban J connectivity index is 1.29. The summed E-state index contributed by atoms with van der Waals surface area (Å²) in [6, 6.07) is 12.0. The Morgan fingerprint density at radius 1 is 1.10 bits per heavy atom. The van der Waals surface area contributed by atoms with Crippen molar-refractivity contribution in [3.8, 4) is 0 Å². The van der Waals surface area contributed by atoms with Gasteiger partial charge in [0, 0.05) is 36.1 Å². The zero-order chi connectivity index (χ0) is 20.2. The molecule has 2 fully saturated rings. The van der Waals surface area contributed by atoms with Crippen molar-refractivity contribution >= 4 is 17.5 Å². The van der Waals surface area contributed by atoms with Crippen LogP contribution in [0, 0.1) is 12.8 Å². The molecule has 0 radical (unpaired) electrons. The van der Waals surface area contributed by atoms with Gasteiger partial charge in [-0.05, 0) is 75.5 Å². The van der Waals surface area contributed by atoms with Gasteiger partial charge in [0.2, 0.25) is 5.91 Å². The summed E-state index contributed by atoms with van der Waals surface area (Å²) >= 11 is 0. The molecule has 6 nitrogen and oxygen atoms in total. The van der Waals surface area contributed by atoms with E-state index in [1.54, 1.807) is 12.3 Å². The molecule has 1 aromatic heterocycles. The first-order chi connectivity index (χ1) is 14.1. The quantitative estimate of drug-likeness (QED) is 0.792. The number of amides is 2. The standard InChI is InChI=1S/C23H28N4O2/c1-16-5-6-19(14-24-16)23(29)26-21-4-2-3-17(13-21)15-27-11-9-18(10-12-27)22(28)25-20-7-8-20/h2-6,13-14,18,20H,7-12,15H2,1H3,(H,25,28)(H,26,29). The van der Waals surface area contributed by atoms with E-state index in [1.807, 2.05) is 31.2 Å². The molecule has 4 rings (SSSR count). The van der Waals surface area contributed by atoms with Crippen molar-refractivity contribution in [1.29, 1.82) is 0 Å². The number of aryl methyl sites for hydroxylation is 1. The van der Waals surface area contributed by atoms with Gasteiger partial charge in [-0.3, -0.25) is 19.5 Å². The lowest BCUT2D eigenvalue weighted by Crippen LogP contribution is -2.40. The highest BCUT2D eigenvalue weighted by Crippen LogP contribution is 2.24. The molecule has 2 aromatic rings. The molecular formula is C23H28N4O2. The molecule has 29 heavy (non-hydrogen) atoms. The normalized spacial score (nSPS) is 17.7. The van der Waals surface area contributed by atoms with E-state index in [2.05, 4.69) is 26.6 Å². The molecule has 1 aromatic carbocycles. The highest BCUT2D eigenvalue weighted by atomic mass is 16.2. The van der Waals surface area contributed by atoms with Crippen LogP contribution in [0.25, 0.3) is 0 Å². The van der Waals surface area contributed by atoms with Crippen molar-refractivity contribution < 1.29 is 9.59 Å². The molecule has 0 spiro atoms. The lowest BCUT2D eigenvalue weighted by molar-refractivity contribution is -0.126. The summed E-state index contributed by atoms with van der Waals surface area (Å²) in [5, 5.41) is 6.08. The summed E-state index contributed by atoms with van der Waals surface area (Å²) in [6.07, 6.45) is 5.69. The second-order valence-electron chi connectivity index (χ2n) is 8.18. The summed E-state index contributed by atoms with van der Waals surface area (Å²) in [6.45, 7) is 4.57. The van der Waals surface area contributed by atoms with Crippen LogP contribution in [0.3, 0.4) is 0 Å². The Morgan fingerprint density at radius 3 is 2.59 bits per heavy atom. The number of piperidine rings is 1.